The van der Waals surface area contributed by atoms with Gasteiger partial charge in [0.05, 0.1) is 6.61 Å². The zero-order valence-electron chi connectivity index (χ0n) is 10.6. The van der Waals surface area contributed by atoms with Crippen molar-refractivity contribution in [2.45, 2.75) is 13.2 Å². The predicted molar refractivity (Wildman–Crippen MR) is 75.9 cm³/mol. The molecule has 0 fully saturated rings. The first kappa shape index (κ1) is 13.6. The molecule has 0 aliphatic heterocycles. The topological polar surface area (TPSA) is 73.1 Å². The third-order valence-corrected chi connectivity index (χ3v) is 2.78. The highest BCUT2D eigenvalue weighted by molar-refractivity contribution is 6.29. The first-order valence-corrected chi connectivity index (χ1v) is 6.16. The second kappa shape index (κ2) is 6.36. The maximum Gasteiger partial charge on any atom is 0.223 e. The molecule has 2 rings (SSSR count). The van der Waals surface area contributed by atoms with Crippen molar-refractivity contribution >= 4 is 23.4 Å². The minimum atomic E-state index is 0.153. The van der Waals surface area contributed by atoms with Crippen molar-refractivity contribution in [1.82, 2.24) is 9.97 Å². The number of rotatable bonds is 5. The third kappa shape index (κ3) is 3.81. The monoisotopic (exact) mass is 278 g/mol. The van der Waals surface area contributed by atoms with Crippen LogP contribution in [0.3, 0.4) is 0 Å². The van der Waals surface area contributed by atoms with E-state index in [2.05, 4.69) is 15.3 Å². The fourth-order valence-electron chi connectivity index (χ4n) is 1.74. The van der Waals surface area contributed by atoms with E-state index < -0.39 is 0 Å². The summed E-state index contributed by atoms with van der Waals surface area (Å²) < 4.78 is 5.16. The molecule has 0 aliphatic rings. The molecule has 0 amide bonds. The molecule has 6 heteroatoms. The van der Waals surface area contributed by atoms with Crippen LogP contribution in [0.1, 0.15) is 11.1 Å². The van der Waals surface area contributed by atoms with Crippen LogP contribution in [0.4, 0.5) is 11.8 Å². The largest absolute Gasteiger partial charge is 0.380 e. The quantitative estimate of drug-likeness (QED) is 0.822. The lowest BCUT2D eigenvalue weighted by atomic mass is 10.1. The summed E-state index contributed by atoms with van der Waals surface area (Å²) in [5.74, 6) is 0.755. The molecular formula is C13H15ClN4O. The molecule has 0 saturated heterocycles. The number of nitrogens with zero attached hydrogens (tertiary/aromatic N) is 2. The van der Waals surface area contributed by atoms with E-state index in [1.165, 1.54) is 0 Å². The summed E-state index contributed by atoms with van der Waals surface area (Å²) in [5, 5.41) is 3.49. The van der Waals surface area contributed by atoms with E-state index in [1.807, 2.05) is 24.3 Å². The standard InChI is InChI=1S/C13H15ClN4O/c1-19-8-10-5-3-2-4-9(10)7-16-12-6-11(14)17-13(15)18-12/h2-6H,7-8H2,1H3,(H3,15,16,17,18). The minimum absolute atomic E-state index is 0.153. The number of methoxy groups -OCH3 is 1. The number of benzene rings is 1. The summed E-state index contributed by atoms with van der Waals surface area (Å²) in [6, 6.07) is 9.67. The van der Waals surface area contributed by atoms with Crippen molar-refractivity contribution in [3.05, 3.63) is 46.6 Å². The number of halogens is 1. The van der Waals surface area contributed by atoms with Crippen LogP contribution in [0, 0.1) is 0 Å². The van der Waals surface area contributed by atoms with Gasteiger partial charge < -0.3 is 15.8 Å². The molecule has 1 aromatic heterocycles. The normalized spacial score (nSPS) is 10.4. The van der Waals surface area contributed by atoms with E-state index in [4.69, 9.17) is 22.1 Å². The maximum absolute atomic E-state index is 5.82. The molecule has 0 saturated carbocycles. The van der Waals surface area contributed by atoms with Gasteiger partial charge in [-0.15, -0.1) is 0 Å². The molecule has 1 aromatic carbocycles. The second-order valence-electron chi connectivity index (χ2n) is 3.99. The number of nitrogen functional groups attached to an aromatic ring is 1. The summed E-state index contributed by atoms with van der Waals surface area (Å²) in [4.78, 5) is 7.87. The molecule has 3 N–H and O–H groups in total. The smallest absolute Gasteiger partial charge is 0.223 e. The predicted octanol–water partition coefficient (Wildman–Crippen LogP) is 2.47. The average molecular weight is 279 g/mol. The summed E-state index contributed by atoms with van der Waals surface area (Å²) >= 11 is 5.82. The zero-order valence-corrected chi connectivity index (χ0v) is 11.3. The van der Waals surface area contributed by atoms with Crippen molar-refractivity contribution in [3.8, 4) is 0 Å². The lowest BCUT2D eigenvalue weighted by molar-refractivity contribution is 0.184. The SMILES string of the molecule is COCc1ccccc1CNc1cc(Cl)nc(N)n1. The Morgan fingerprint density at radius 3 is 2.68 bits per heavy atom. The Morgan fingerprint density at radius 2 is 2.00 bits per heavy atom. The fourth-order valence-corrected chi connectivity index (χ4v) is 1.93. The van der Waals surface area contributed by atoms with Gasteiger partial charge in [-0.25, -0.2) is 4.98 Å². The molecule has 1 heterocycles. The molecule has 0 atom stereocenters. The molecular weight excluding hydrogens is 264 g/mol. The van der Waals surface area contributed by atoms with Crippen LogP contribution in [0.2, 0.25) is 5.15 Å². The lowest BCUT2D eigenvalue weighted by Gasteiger charge is -2.10. The van der Waals surface area contributed by atoms with Crippen molar-refractivity contribution in [2.24, 2.45) is 0 Å². The van der Waals surface area contributed by atoms with E-state index >= 15 is 0 Å². The molecule has 19 heavy (non-hydrogen) atoms. The van der Waals surface area contributed by atoms with E-state index in [9.17, 15) is 0 Å². The Labute approximate surface area is 116 Å². The summed E-state index contributed by atoms with van der Waals surface area (Å²) in [7, 11) is 1.68. The number of ether oxygens (including phenoxy) is 1. The highest BCUT2D eigenvalue weighted by Crippen LogP contribution is 2.15. The Balaban J connectivity index is 2.09. The molecule has 100 valence electrons. The van der Waals surface area contributed by atoms with Gasteiger partial charge >= 0.3 is 0 Å². The summed E-state index contributed by atoms with van der Waals surface area (Å²) in [5.41, 5.74) is 7.81. The van der Waals surface area contributed by atoms with Gasteiger partial charge in [-0.2, -0.15) is 4.98 Å². The van der Waals surface area contributed by atoms with Crippen LogP contribution in [0.5, 0.6) is 0 Å². The number of nitrogens with one attached hydrogen (secondary N) is 1. The van der Waals surface area contributed by atoms with Crippen molar-refractivity contribution in [3.63, 3.8) is 0 Å². The zero-order chi connectivity index (χ0) is 13.7. The van der Waals surface area contributed by atoms with Gasteiger partial charge in [0.15, 0.2) is 0 Å². The first-order chi connectivity index (χ1) is 9.19. The van der Waals surface area contributed by atoms with Crippen LogP contribution in [-0.4, -0.2) is 17.1 Å². The van der Waals surface area contributed by atoms with Crippen LogP contribution < -0.4 is 11.1 Å². The van der Waals surface area contributed by atoms with Crippen molar-refractivity contribution in [2.75, 3.05) is 18.2 Å². The molecule has 0 radical (unpaired) electrons. The Hall–Kier alpha value is -1.85. The molecule has 0 unspecified atom stereocenters. The molecule has 5 nitrogen and oxygen atoms in total. The minimum Gasteiger partial charge on any atom is -0.380 e. The van der Waals surface area contributed by atoms with Gasteiger partial charge in [0.25, 0.3) is 0 Å². The lowest BCUT2D eigenvalue weighted by Crippen LogP contribution is -2.06. The number of aromatic nitrogens is 2. The Bertz CT molecular complexity index is 542. The maximum atomic E-state index is 5.82. The van der Waals surface area contributed by atoms with Crippen LogP contribution in [0.25, 0.3) is 0 Å². The number of hydrogen-bond acceptors (Lipinski definition) is 5. The van der Waals surface area contributed by atoms with E-state index in [0.29, 0.717) is 24.1 Å². The van der Waals surface area contributed by atoms with Gasteiger partial charge in [-0.05, 0) is 11.1 Å². The van der Waals surface area contributed by atoms with E-state index in [0.717, 1.165) is 11.1 Å². The fraction of sp³-hybridized carbons (Fsp3) is 0.231. The van der Waals surface area contributed by atoms with E-state index in [-0.39, 0.29) is 5.95 Å². The average Bonchev–Trinajstić information content (AvgIpc) is 2.37. The Kier molecular flexibility index (Phi) is 4.54. The van der Waals surface area contributed by atoms with Crippen LogP contribution in [-0.2, 0) is 17.9 Å². The van der Waals surface area contributed by atoms with Crippen LogP contribution in [0.15, 0.2) is 30.3 Å². The molecule has 0 aliphatic carbocycles. The van der Waals surface area contributed by atoms with Gasteiger partial charge in [0, 0.05) is 19.7 Å². The number of hydrogen-bond donors (Lipinski definition) is 2. The summed E-state index contributed by atoms with van der Waals surface area (Å²) in [6.45, 7) is 1.19. The first-order valence-electron chi connectivity index (χ1n) is 5.78. The van der Waals surface area contributed by atoms with Crippen molar-refractivity contribution in [1.29, 1.82) is 0 Å². The van der Waals surface area contributed by atoms with Gasteiger partial charge in [-0.3, -0.25) is 0 Å². The molecule has 2 aromatic rings. The van der Waals surface area contributed by atoms with Gasteiger partial charge in [0.2, 0.25) is 5.95 Å². The Morgan fingerprint density at radius 1 is 1.26 bits per heavy atom. The third-order valence-electron chi connectivity index (χ3n) is 2.59. The highest BCUT2D eigenvalue weighted by Gasteiger charge is 2.03. The van der Waals surface area contributed by atoms with Crippen molar-refractivity contribution < 1.29 is 4.74 Å². The second-order valence-corrected chi connectivity index (χ2v) is 4.38. The van der Waals surface area contributed by atoms with Gasteiger partial charge in [-0.1, -0.05) is 35.9 Å². The number of anilines is 2. The van der Waals surface area contributed by atoms with E-state index in [1.54, 1.807) is 13.2 Å². The van der Waals surface area contributed by atoms with Gasteiger partial charge in [0.1, 0.15) is 11.0 Å². The molecule has 0 bridgehead atoms. The number of nitrogens with two attached hydrogens (primary N) is 1. The summed E-state index contributed by atoms with van der Waals surface area (Å²) in [6.07, 6.45) is 0. The molecule has 0 spiro atoms. The van der Waals surface area contributed by atoms with Crippen LogP contribution >= 0.6 is 11.6 Å². The highest BCUT2D eigenvalue weighted by atomic mass is 35.5.